The van der Waals surface area contributed by atoms with Gasteiger partial charge in [-0.3, -0.25) is 9.89 Å². The van der Waals surface area contributed by atoms with Crippen molar-refractivity contribution in [2.24, 2.45) is 0 Å². The highest BCUT2D eigenvalue weighted by atomic mass is 16.5. The maximum absolute atomic E-state index is 13.0. The standard InChI is InChI=1S/C26H32N4O3/c1-3-5-18-33-21-12-10-20(11-13-21)22-19-23(28-27-22)26(31)30-16-14-29(15-17-30)24-8-6-7-9-25(24)32-4-2/h6-13,19H,3-5,14-18H2,1-2H3,(H,27,28). The number of piperazine rings is 1. The van der Waals surface area contributed by atoms with Crippen LogP contribution >= 0.6 is 0 Å². The molecule has 1 amide bonds. The normalized spacial score (nSPS) is 13.8. The predicted molar refractivity (Wildman–Crippen MR) is 130 cm³/mol. The number of anilines is 1. The van der Waals surface area contributed by atoms with Crippen LogP contribution < -0.4 is 14.4 Å². The fourth-order valence-corrected chi connectivity index (χ4v) is 3.95. The van der Waals surface area contributed by atoms with Gasteiger partial charge < -0.3 is 19.3 Å². The van der Waals surface area contributed by atoms with Crippen molar-refractivity contribution >= 4 is 11.6 Å². The van der Waals surface area contributed by atoms with Crippen molar-refractivity contribution in [2.45, 2.75) is 26.7 Å². The van der Waals surface area contributed by atoms with Gasteiger partial charge in [0.2, 0.25) is 0 Å². The first-order valence-corrected chi connectivity index (χ1v) is 11.7. The molecular formula is C26H32N4O3. The molecule has 2 aromatic carbocycles. The number of hydrogen-bond donors (Lipinski definition) is 1. The molecule has 1 fully saturated rings. The lowest BCUT2D eigenvalue weighted by atomic mass is 10.1. The molecule has 1 saturated heterocycles. The van der Waals surface area contributed by atoms with E-state index >= 15 is 0 Å². The Morgan fingerprint density at radius 3 is 2.48 bits per heavy atom. The number of hydrogen-bond acceptors (Lipinski definition) is 5. The van der Waals surface area contributed by atoms with E-state index in [1.807, 2.05) is 60.4 Å². The molecule has 0 aliphatic carbocycles. The first kappa shape index (κ1) is 22.7. The van der Waals surface area contributed by atoms with Crippen molar-refractivity contribution in [3.8, 4) is 22.8 Å². The summed E-state index contributed by atoms with van der Waals surface area (Å²) in [5.74, 6) is 1.72. The summed E-state index contributed by atoms with van der Waals surface area (Å²) < 4.78 is 11.5. The Morgan fingerprint density at radius 1 is 1.00 bits per heavy atom. The van der Waals surface area contributed by atoms with E-state index in [4.69, 9.17) is 9.47 Å². The number of benzene rings is 2. The highest BCUT2D eigenvalue weighted by Gasteiger charge is 2.25. The van der Waals surface area contributed by atoms with Gasteiger partial charge in [0, 0.05) is 31.7 Å². The number of rotatable bonds is 9. The van der Waals surface area contributed by atoms with Crippen molar-refractivity contribution in [3.05, 3.63) is 60.3 Å². The van der Waals surface area contributed by atoms with Crippen LogP contribution in [0.5, 0.6) is 11.5 Å². The quantitative estimate of drug-likeness (QED) is 0.484. The number of aromatic nitrogens is 2. The van der Waals surface area contributed by atoms with Crippen LogP contribution in [0.3, 0.4) is 0 Å². The van der Waals surface area contributed by atoms with Gasteiger partial charge in [0.25, 0.3) is 5.91 Å². The zero-order chi connectivity index (χ0) is 23.0. The zero-order valence-corrected chi connectivity index (χ0v) is 19.4. The Hall–Kier alpha value is -3.48. The van der Waals surface area contributed by atoms with E-state index in [-0.39, 0.29) is 5.91 Å². The van der Waals surface area contributed by atoms with Crippen molar-refractivity contribution in [2.75, 3.05) is 44.3 Å². The highest BCUT2D eigenvalue weighted by molar-refractivity contribution is 5.93. The third-order valence-corrected chi connectivity index (χ3v) is 5.80. The number of para-hydroxylation sites is 2. The molecule has 174 valence electrons. The maximum atomic E-state index is 13.0. The summed E-state index contributed by atoms with van der Waals surface area (Å²) in [5, 5.41) is 7.28. The number of H-pyrrole nitrogens is 1. The molecule has 0 bridgehead atoms. The van der Waals surface area contributed by atoms with Gasteiger partial charge >= 0.3 is 0 Å². The van der Waals surface area contributed by atoms with Crippen LogP contribution in [0.15, 0.2) is 54.6 Å². The molecule has 4 rings (SSSR count). The molecule has 1 aliphatic rings. The number of carbonyl (C=O) groups is 1. The summed E-state index contributed by atoms with van der Waals surface area (Å²) in [6.45, 7) is 8.31. The van der Waals surface area contributed by atoms with Gasteiger partial charge in [0.1, 0.15) is 17.2 Å². The number of carbonyl (C=O) groups excluding carboxylic acids is 1. The van der Waals surface area contributed by atoms with Crippen LogP contribution in [-0.2, 0) is 0 Å². The lowest BCUT2D eigenvalue weighted by molar-refractivity contribution is 0.0740. The van der Waals surface area contributed by atoms with Crippen LogP contribution in [0.25, 0.3) is 11.3 Å². The number of aromatic amines is 1. The second-order valence-electron chi connectivity index (χ2n) is 8.07. The minimum absolute atomic E-state index is 0.0222. The van der Waals surface area contributed by atoms with Gasteiger partial charge in [-0.05, 0) is 55.8 Å². The Bertz CT molecular complexity index is 1040. The molecule has 7 heteroatoms. The van der Waals surface area contributed by atoms with Crippen LogP contribution in [0.4, 0.5) is 5.69 Å². The molecular weight excluding hydrogens is 416 g/mol. The lowest BCUT2D eigenvalue weighted by Gasteiger charge is -2.36. The summed E-state index contributed by atoms with van der Waals surface area (Å²) in [5.41, 5.74) is 3.29. The number of nitrogens with one attached hydrogen (secondary N) is 1. The predicted octanol–water partition coefficient (Wildman–Crippen LogP) is 4.62. The average Bonchev–Trinajstić information content (AvgIpc) is 3.35. The summed E-state index contributed by atoms with van der Waals surface area (Å²) in [4.78, 5) is 17.2. The molecule has 0 atom stereocenters. The summed E-state index contributed by atoms with van der Waals surface area (Å²) >= 11 is 0. The van der Waals surface area contributed by atoms with Crippen molar-refractivity contribution in [1.29, 1.82) is 0 Å². The third kappa shape index (κ3) is 5.48. The molecule has 3 aromatic rings. The van der Waals surface area contributed by atoms with E-state index in [0.717, 1.165) is 61.0 Å². The fourth-order valence-electron chi connectivity index (χ4n) is 3.95. The molecule has 0 spiro atoms. The number of amides is 1. The van der Waals surface area contributed by atoms with Gasteiger partial charge in [0.05, 0.1) is 24.6 Å². The molecule has 1 aromatic heterocycles. The number of nitrogens with zero attached hydrogens (tertiary/aromatic N) is 3. The van der Waals surface area contributed by atoms with E-state index < -0.39 is 0 Å². The first-order valence-electron chi connectivity index (χ1n) is 11.7. The summed E-state index contributed by atoms with van der Waals surface area (Å²) in [6.07, 6.45) is 2.15. The average molecular weight is 449 g/mol. The summed E-state index contributed by atoms with van der Waals surface area (Å²) in [6, 6.07) is 17.7. The van der Waals surface area contributed by atoms with E-state index in [0.29, 0.717) is 25.4 Å². The molecule has 33 heavy (non-hydrogen) atoms. The maximum Gasteiger partial charge on any atom is 0.272 e. The van der Waals surface area contributed by atoms with Gasteiger partial charge in [0.15, 0.2) is 0 Å². The van der Waals surface area contributed by atoms with Gasteiger partial charge in [-0.2, -0.15) is 5.10 Å². The molecule has 7 nitrogen and oxygen atoms in total. The van der Waals surface area contributed by atoms with E-state index in [2.05, 4.69) is 28.1 Å². The number of unbranched alkanes of at least 4 members (excludes halogenated alkanes) is 1. The smallest absolute Gasteiger partial charge is 0.272 e. The lowest BCUT2D eigenvalue weighted by Crippen LogP contribution is -2.49. The van der Waals surface area contributed by atoms with Crippen molar-refractivity contribution < 1.29 is 14.3 Å². The first-order chi connectivity index (χ1) is 16.2. The van der Waals surface area contributed by atoms with E-state index in [1.165, 1.54) is 0 Å². The second-order valence-corrected chi connectivity index (χ2v) is 8.07. The minimum atomic E-state index is -0.0222. The van der Waals surface area contributed by atoms with Crippen molar-refractivity contribution in [1.82, 2.24) is 15.1 Å². The largest absolute Gasteiger partial charge is 0.494 e. The monoisotopic (exact) mass is 448 g/mol. The second kappa shape index (κ2) is 10.9. The number of ether oxygens (including phenoxy) is 2. The molecule has 0 radical (unpaired) electrons. The molecule has 2 heterocycles. The van der Waals surface area contributed by atoms with E-state index in [1.54, 1.807) is 0 Å². The van der Waals surface area contributed by atoms with Gasteiger partial charge in [-0.25, -0.2) is 0 Å². The van der Waals surface area contributed by atoms with Crippen LogP contribution in [0.2, 0.25) is 0 Å². The Kier molecular flexibility index (Phi) is 7.50. The van der Waals surface area contributed by atoms with E-state index in [9.17, 15) is 4.79 Å². The Balaban J connectivity index is 1.36. The van der Waals surface area contributed by atoms with Crippen LogP contribution in [0, 0.1) is 0 Å². The minimum Gasteiger partial charge on any atom is -0.494 e. The topological polar surface area (TPSA) is 70.7 Å². The third-order valence-electron chi connectivity index (χ3n) is 5.80. The van der Waals surface area contributed by atoms with Crippen molar-refractivity contribution in [3.63, 3.8) is 0 Å². The molecule has 1 N–H and O–H groups in total. The Labute approximate surface area is 195 Å². The van der Waals surface area contributed by atoms with Crippen LogP contribution in [-0.4, -0.2) is 60.4 Å². The highest BCUT2D eigenvalue weighted by Crippen LogP contribution is 2.29. The molecule has 0 saturated carbocycles. The SMILES string of the molecule is CCCCOc1ccc(-c2cc(C(=O)N3CCN(c4ccccc4OCC)CC3)[nH]n2)cc1. The summed E-state index contributed by atoms with van der Waals surface area (Å²) in [7, 11) is 0. The zero-order valence-electron chi connectivity index (χ0n) is 19.4. The fraction of sp³-hybridized carbons (Fsp3) is 0.385. The molecule has 0 unspecified atom stereocenters. The van der Waals surface area contributed by atoms with Gasteiger partial charge in [-0.15, -0.1) is 0 Å². The van der Waals surface area contributed by atoms with Crippen LogP contribution in [0.1, 0.15) is 37.2 Å². The van der Waals surface area contributed by atoms with Gasteiger partial charge in [-0.1, -0.05) is 25.5 Å². The molecule has 1 aliphatic heterocycles. The Morgan fingerprint density at radius 2 is 1.76 bits per heavy atom.